The Morgan fingerprint density at radius 3 is 2.63 bits per heavy atom. The number of nitrogens with one attached hydrogen (secondary N) is 1. The van der Waals surface area contributed by atoms with Crippen LogP contribution in [-0.2, 0) is 6.54 Å². The van der Waals surface area contributed by atoms with E-state index < -0.39 is 0 Å². The summed E-state index contributed by atoms with van der Waals surface area (Å²) in [5.74, 6) is -0.0903. The molecule has 0 aliphatic rings. The normalized spacial score (nSPS) is 12.2. The third-order valence-corrected chi connectivity index (χ3v) is 3.17. The maximum Gasteiger partial charge on any atom is 0.270 e. The van der Waals surface area contributed by atoms with Crippen molar-refractivity contribution in [3.63, 3.8) is 0 Å². The molecule has 1 N–H and O–H groups in total. The van der Waals surface area contributed by atoms with Crippen LogP contribution in [0.15, 0.2) is 36.5 Å². The first-order chi connectivity index (χ1) is 9.11. The molecule has 0 fully saturated rings. The fraction of sp³-hybridized carbons (Fsp3) is 0.333. The van der Waals surface area contributed by atoms with Gasteiger partial charge in [-0.05, 0) is 32.4 Å². The van der Waals surface area contributed by atoms with Crippen LogP contribution < -0.4 is 5.32 Å². The fourth-order valence-electron chi connectivity index (χ4n) is 1.99. The van der Waals surface area contributed by atoms with Crippen LogP contribution in [0.3, 0.4) is 0 Å². The highest BCUT2D eigenvalue weighted by atomic mass is 16.2. The molecular formula is C15H19N3O. The number of amides is 1. The molecule has 19 heavy (non-hydrogen) atoms. The SMILES string of the molecule is CCn1nccc1C(=O)N[C@H](C)c1ccc(C)cc1. The van der Waals surface area contributed by atoms with Crippen LogP contribution in [-0.4, -0.2) is 15.7 Å². The maximum absolute atomic E-state index is 12.2. The van der Waals surface area contributed by atoms with Gasteiger partial charge in [-0.15, -0.1) is 0 Å². The number of carbonyl (C=O) groups excluding carboxylic acids is 1. The van der Waals surface area contributed by atoms with Crippen LogP contribution in [0.2, 0.25) is 0 Å². The summed E-state index contributed by atoms with van der Waals surface area (Å²) in [5.41, 5.74) is 2.91. The highest BCUT2D eigenvalue weighted by molar-refractivity contribution is 5.92. The van der Waals surface area contributed by atoms with Gasteiger partial charge in [0.05, 0.1) is 6.04 Å². The quantitative estimate of drug-likeness (QED) is 0.915. The summed E-state index contributed by atoms with van der Waals surface area (Å²) in [6.07, 6.45) is 1.65. The zero-order valence-electron chi connectivity index (χ0n) is 11.6. The van der Waals surface area contributed by atoms with E-state index in [4.69, 9.17) is 0 Å². The largest absolute Gasteiger partial charge is 0.344 e. The van der Waals surface area contributed by atoms with Crippen molar-refractivity contribution in [3.8, 4) is 0 Å². The third-order valence-electron chi connectivity index (χ3n) is 3.17. The number of hydrogen-bond donors (Lipinski definition) is 1. The van der Waals surface area contributed by atoms with E-state index in [0.717, 1.165) is 5.56 Å². The summed E-state index contributed by atoms with van der Waals surface area (Å²) in [4.78, 5) is 12.2. The molecule has 1 atom stereocenters. The van der Waals surface area contributed by atoms with E-state index in [0.29, 0.717) is 12.2 Å². The Labute approximate surface area is 113 Å². The van der Waals surface area contributed by atoms with Gasteiger partial charge in [0.25, 0.3) is 5.91 Å². The molecule has 0 radical (unpaired) electrons. The second kappa shape index (κ2) is 5.69. The molecule has 1 aromatic heterocycles. The minimum atomic E-state index is -0.0903. The molecule has 100 valence electrons. The van der Waals surface area contributed by atoms with Gasteiger partial charge in [0, 0.05) is 12.7 Å². The molecule has 0 saturated carbocycles. The summed E-state index contributed by atoms with van der Waals surface area (Å²) in [6, 6.07) is 9.89. The number of aryl methyl sites for hydroxylation is 2. The number of aromatic nitrogens is 2. The molecule has 0 bridgehead atoms. The Kier molecular flexibility index (Phi) is 4.00. The number of carbonyl (C=O) groups is 1. The lowest BCUT2D eigenvalue weighted by molar-refractivity contribution is 0.0929. The van der Waals surface area contributed by atoms with Gasteiger partial charge in [-0.3, -0.25) is 9.48 Å². The lowest BCUT2D eigenvalue weighted by atomic mass is 10.1. The lowest BCUT2D eigenvalue weighted by Crippen LogP contribution is -2.28. The average molecular weight is 257 g/mol. The van der Waals surface area contributed by atoms with Crippen molar-refractivity contribution in [1.29, 1.82) is 0 Å². The first kappa shape index (κ1) is 13.3. The predicted molar refractivity (Wildman–Crippen MR) is 75.0 cm³/mol. The standard InChI is InChI=1S/C15H19N3O/c1-4-18-14(9-10-16-18)15(19)17-12(3)13-7-5-11(2)6-8-13/h5-10,12H,4H2,1-3H3,(H,17,19)/t12-/m1/s1. The van der Waals surface area contributed by atoms with Gasteiger partial charge in [-0.25, -0.2) is 0 Å². The van der Waals surface area contributed by atoms with Crippen LogP contribution in [0.25, 0.3) is 0 Å². The molecule has 4 nitrogen and oxygen atoms in total. The van der Waals surface area contributed by atoms with Gasteiger partial charge < -0.3 is 5.32 Å². The highest BCUT2D eigenvalue weighted by Crippen LogP contribution is 2.13. The Hall–Kier alpha value is -2.10. The van der Waals surface area contributed by atoms with Crippen LogP contribution >= 0.6 is 0 Å². The van der Waals surface area contributed by atoms with Gasteiger partial charge in [-0.2, -0.15) is 5.10 Å². The summed E-state index contributed by atoms with van der Waals surface area (Å²) in [7, 11) is 0. The fourth-order valence-corrected chi connectivity index (χ4v) is 1.99. The summed E-state index contributed by atoms with van der Waals surface area (Å²) >= 11 is 0. The van der Waals surface area contributed by atoms with E-state index in [1.54, 1.807) is 16.9 Å². The number of rotatable bonds is 4. The van der Waals surface area contributed by atoms with Crippen molar-refractivity contribution >= 4 is 5.91 Å². The Morgan fingerprint density at radius 2 is 2.00 bits per heavy atom. The van der Waals surface area contributed by atoms with E-state index in [1.165, 1.54) is 5.56 Å². The molecule has 2 aromatic rings. The first-order valence-electron chi connectivity index (χ1n) is 6.51. The molecule has 2 rings (SSSR count). The average Bonchev–Trinajstić information content (AvgIpc) is 2.87. The van der Waals surface area contributed by atoms with Crippen molar-refractivity contribution in [2.75, 3.05) is 0 Å². The van der Waals surface area contributed by atoms with Crippen LogP contribution in [0, 0.1) is 6.92 Å². The Bertz CT molecular complexity index is 557. The predicted octanol–water partition coefficient (Wildman–Crippen LogP) is 2.70. The topological polar surface area (TPSA) is 46.9 Å². The van der Waals surface area contributed by atoms with E-state index in [9.17, 15) is 4.79 Å². The van der Waals surface area contributed by atoms with Crippen molar-refractivity contribution in [2.24, 2.45) is 0 Å². The maximum atomic E-state index is 12.2. The second-order valence-electron chi connectivity index (χ2n) is 4.64. The van der Waals surface area contributed by atoms with Crippen LogP contribution in [0.4, 0.5) is 0 Å². The molecule has 0 aliphatic heterocycles. The highest BCUT2D eigenvalue weighted by Gasteiger charge is 2.14. The zero-order valence-corrected chi connectivity index (χ0v) is 11.6. The van der Waals surface area contributed by atoms with Gasteiger partial charge in [0.2, 0.25) is 0 Å². The Morgan fingerprint density at radius 1 is 1.32 bits per heavy atom. The van der Waals surface area contributed by atoms with Crippen molar-refractivity contribution < 1.29 is 4.79 Å². The van der Waals surface area contributed by atoms with Gasteiger partial charge in [0.15, 0.2) is 0 Å². The lowest BCUT2D eigenvalue weighted by Gasteiger charge is -2.15. The van der Waals surface area contributed by atoms with Crippen molar-refractivity contribution in [3.05, 3.63) is 53.3 Å². The van der Waals surface area contributed by atoms with Gasteiger partial charge in [0.1, 0.15) is 5.69 Å². The van der Waals surface area contributed by atoms with Crippen molar-refractivity contribution in [2.45, 2.75) is 33.4 Å². The second-order valence-corrected chi connectivity index (χ2v) is 4.64. The summed E-state index contributed by atoms with van der Waals surface area (Å²) < 4.78 is 1.69. The molecule has 4 heteroatoms. The minimum Gasteiger partial charge on any atom is -0.344 e. The summed E-state index contributed by atoms with van der Waals surface area (Å²) in [6.45, 7) is 6.68. The Balaban J connectivity index is 2.08. The number of benzene rings is 1. The molecule has 1 amide bonds. The van der Waals surface area contributed by atoms with Crippen LogP contribution in [0.5, 0.6) is 0 Å². The molecule has 0 spiro atoms. The first-order valence-corrected chi connectivity index (χ1v) is 6.51. The van der Waals surface area contributed by atoms with Crippen LogP contribution in [0.1, 0.15) is 41.5 Å². The molecule has 0 unspecified atom stereocenters. The number of hydrogen-bond acceptors (Lipinski definition) is 2. The molecule has 1 heterocycles. The summed E-state index contributed by atoms with van der Waals surface area (Å²) in [5, 5.41) is 7.10. The molecule has 0 aliphatic carbocycles. The minimum absolute atomic E-state index is 0.0201. The smallest absolute Gasteiger partial charge is 0.270 e. The molecular weight excluding hydrogens is 238 g/mol. The monoisotopic (exact) mass is 257 g/mol. The van der Waals surface area contributed by atoms with Gasteiger partial charge in [-0.1, -0.05) is 29.8 Å². The number of nitrogens with zero attached hydrogens (tertiary/aromatic N) is 2. The van der Waals surface area contributed by atoms with E-state index in [-0.39, 0.29) is 11.9 Å². The zero-order chi connectivity index (χ0) is 13.8. The van der Waals surface area contributed by atoms with E-state index >= 15 is 0 Å². The van der Waals surface area contributed by atoms with Gasteiger partial charge >= 0.3 is 0 Å². The van der Waals surface area contributed by atoms with Crippen molar-refractivity contribution in [1.82, 2.24) is 15.1 Å². The molecule has 0 saturated heterocycles. The molecule has 1 aromatic carbocycles. The van der Waals surface area contributed by atoms with E-state index in [1.807, 2.05) is 45.0 Å². The third kappa shape index (κ3) is 3.02. The van der Waals surface area contributed by atoms with E-state index in [2.05, 4.69) is 10.4 Å².